The number of hydrogen-bond acceptors (Lipinski definition) is 4. The molecule has 0 unspecified atom stereocenters. The number of ether oxygens (including phenoxy) is 2. The molecule has 0 radical (unpaired) electrons. The summed E-state index contributed by atoms with van der Waals surface area (Å²) < 4.78 is 10.4. The Morgan fingerprint density at radius 3 is 2.29 bits per heavy atom. The van der Waals surface area contributed by atoms with E-state index in [1.165, 1.54) is 0 Å². The molecule has 3 aromatic rings. The second kappa shape index (κ2) is 9.83. The molecule has 0 saturated heterocycles. The highest BCUT2D eigenvalue weighted by Crippen LogP contribution is 2.21. The van der Waals surface area contributed by atoms with Gasteiger partial charge in [-0.25, -0.2) is 0 Å². The van der Waals surface area contributed by atoms with Gasteiger partial charge in [0.15, 0.2) is 5.78 Å². The summed E-state index contributed by atoms with van der Waals surface area (Å²) in [6.07, 6.45) is 0.345. The summed E-state index contributed by atoms with van der Waals surface area (Å²) in [7, 11) is 1.63. The Morgan fingerprint density at radius 2 is 1.61 bits per heavy atom. The van der Waals surface area contributed by atoms with E-state index in [4.69, 9.17) is 15.2 Å². The van der Waals surface area contributed by atoms with E-state index in [2.05, 4.69) is 12.1 Å². The molecule has 0 aromatic heterocycles. The molecule has 4 heteroatoms. The van der Waals surface area contributed by atoms with Gasteiger partial charge in [0.05, 0.1) is 19.8 Å². The van der Waals surface area contributed by atoms with E-state index in [1.807, 2.05) is 54.6 Å². The van der Waals surface area contributed by atoms with E-state index in [0.29, 0.717) is 37.5 Å². The number of benzene rings is 3. The molecule has 4 nitrogen and oxygen atoms in total. The molecule has 0 amide bonds. The first-order valence-electron chi connectivity index (χ1n) is 9.30. The zero-order valence-electron chi connectivity index (χ0n) is 16.1. The van der Waals surface area contributed by atoms with Crippen LogP contribution >= 0.6 is 0 Å². The lowest BCUT2D eigenvalue weighted by Gasteiger charge is -2.09. The molecule has 3 aromatic carbocycles. The van der Waals surface area contributed by atoms with Crippen LogP contribution in [0, 0.1) is 0 Å². The van der Waals surface area contributed by atoms with Crippen LogP contribution in [0.15, 0.2) is 72.8 Å². The maximum absolute atomic E-state index is 12.6. The van der Waals surface area contributed by atoms with Crippen LogP contribution in [0.1, 0.15) is 21.5 Å². The Morgan fingerprint density at radius 1 is 0.893 bits per heavy atom. The van der Waals surface area contributed by atoms with Crippen molar-refractivity contribution in [2.45, 2.75) is 13.0 Å². The van der Waals surface area contributed by atoms with Crippen molar-refractivity contribution >= 4 is 11.5 Å². The fourth-order valence-electron chi connectivity index (χ4n) is 2.96. The molecule has 0 aliphatic carbocycles. The molecule has 144 valence electrons. The van der Waals surface area contributed by atoms with Crippen LogP contribution in [0.2, 0.25) is 0 Å². The molecule has 0 atom stereocenters. The van der Waals surface area contributed by atoms with Crippen molar-refractivity contribution in [2.75, 3.05) is 26.1 Å². The fraction of sp³-hybridized carbons (Fsp3) is 0.208. The van der Waals surface area contributed by atoms with Gasteiger partial charge in [-0.3, -0.25) is 4.79 Å². The second-order valence-corrected chi connectivity index (χ2v) is 6.62. The minimum absolute atomic E-state index is 0.0472. The number of nitrogens with two attached hydrogens (primary N) is 1. The summed E-state index contributed by atoms with van der Waals surface area (Å²) in [6.45, 7) is 1.46. The average molecular weight is 375 g/mol. The summed E-state index contributed by atoms with van der Waals surface area (Å²) in [6, 6.07) is 23.7. The smallest absolute Gasteiger partial charge is 0.167 e. The minimum atomic E-state index is 0.0472. The molecule has 0 spiro atoms. The molecule has 0 bridgehead atoms. The molecule has 0 fully saturated rings. The Kier molecular flexibility index (Phi) is 6.95. The van der Waals surface area contributed by atoms with Gasteiger partial charge in [-0.05, 0) is 22.8 Å². The molecule has 0 heterocycles. The van der Waals surface area contributed by atoms with Crippen molar-refractivity contribution in [3.8, 4) is 11.1 Å². The second-order valence-electron chi connectivity index (χ2n) is 6.62. The number of hydrogen-bond donors (Lipinski definition) is 1. The first-order chi connectivity index (χ1) is 13.7. The number of methoxy groups -OCH3 is 1. The maximum Gasteiger partial charge on any atom is 0.167 e. The summed E-state index contributed by atoms with van der Waals surface area (Å²) in [4.78, 5) is 12.6. The summed E-state index contributed by atoms with van der Waals surface area (Å²) in [5, 5.41) is 0. The highest BCUT2D eigenvalue weighted by atomic mass is 16.5. The van der Waals surface area contributed by atoms with E-state index in [-0.39, 0.29) is 5.78 Å². The summed E-state index contributed by atoms with van der Waals surface area (Å²) >= 11 is 0. The normalized spacial score (nSPS) is 10.8. The predicted octanol–water partition coefficient (Wildman–Crippen LogP) is 4.52. The first kappa shape index (κ1) is 19.8. The van der Waals surface area contributed by atoms with E-state index >= 15 is 0 Å². The number of nitrogen functional groups attached to an aromatic ring is 1. The highest BCUT2D eigenvalue weighted by molar-refractivity contribution is 5.98. The van der Waals surface area contributed by atoms with Crippen LogP contribution in [0.4, 0.5) is 5.69 Å². The van der Waals surface area contributed by atoms with Crippen LogP contribution in [0.5, 0.6) is 0 Å². The Labute approximate surface area is 165 Å². The Bertz CT molecular complexity index is 905. The zero-order chi connectivity index (χ0) is 19.8. The van der Waals surface area contributed by atoms with E-state index in [0.717, 1.165) is 22.3 Å². The van der Waals surface area contributed by atoms with Gasteiger partial charge in [0.2, 0.25) is 0 Å². The number of rotatable bonds is 9. The van der Waals surface area contributed by atoms with Gasteiger partial charge >= 0.3 is 0 Å². The van der Waals surface area contributed by atoms with E-state index in [1.54, 1.807) is 13.2 Å². The van der Waals surface area contributed by atoms with Gasteiger partial charge in [-0.15, -0.1) is 0 Å². The Balaban J connectivity index is 1.62. The zero-order valence-corrected chi connectivity index (χ0v) is 16.1. The van der Waals surface area contributed by atoms with Crippen LogP contribution in [-0.2, 0) is 22.5 Å². The SMILES string of the molecule is COCCOCc1ccc(C(=O)Cc2ccc(-c3ccccc3)cc2)cc1N. The maximum atomic E-state index is 12.6. The van der Waals surface area contributed by atoms with Crippen LogP contribution in [0.25, 0.3) is 11.1 Å². The number of carbonyl (C=O) groups is 1. The fourth-order valence-corrected chi connectivity index (χ4v) is 2.96. The topological polar surface area (TPSA) is 61.5 Å². The summed E-state index contributed by atoms with van der Waals surface area (Å²) in [5.41, 5.74) is 11.4. The van der Waals surface area contributed by atoms with E-state index in [9.17, 15) is 4.79 Å². The number of anilines is 1. The molecule has 2 N–H and O–H groups in total. The van der Waals surface area contributed by atoms with Crippen molar-refractivity contribution in [3.05, 3.63) is 89.5 Å². The first-order valence-corrected chi connectivity index (χ1v) is 9.30. The monoisotopic (exact) mass is 375 g/mol. The molecular formula is C24H25NO3. The van der Waals surface area contributed by atoms with Crippen LogP contribution < -0.4 is 5.73 Å². The lowest BCUT2D eigenvalue weighted by molar-refractivity contribution is 0.0619. The van der Waals surface area contributed by atoms with E-state index < -0.39 is 0 Å². The molecule has 28 heavy (non-hydrogen) atoms. The van der Waals surface area contributed by atoms with Crippen molar-refractivity contribution in [2.24, 2.45) is 0 Å². The van der Waals surface area contributed by atoms with Gasteiger partial charge in [-0.1, -0.05) is 66.7 Å². The molecule has 3 rings (SSSR count). The van der Waals surface area contributed by atoms with Crippen molar-refractivity contribution in [3.63, 3.8) is 0 Å². The largest absolute Gasteiger partial charge is 0.398 e. The van der Waals surface area contributed by atoms with Gasteiger partial charge in [0, 0.05) is 30.3 Å². The lowest BCUT2D eigenvalue weighted by atomic mass is 9.98. The minimum Gasteiger partial charge on any atom is -0.398 e. The third-order valence-corrected chi connectivity index (χ3v) is 4.58. The van der Waals surface area contributed by atoms with Crippen molar-refractivity contribution < 1.29 is 14.3 Å². The molecule has 0 aliphatic heterocycles. The standard InChI is InChI=1S/C24H25NO3/c1-27-13-14-28-17-22-12-11-21(16-23(22)25)24(26)15-18-7-9-20(10-8-18)19-5-3-2-4-6-19/h2-12,16H,13-15,17,25H2,1H3. The lowest BCUT2D eigenvalue weighted by Crippen LogP contribution is -2.07. The van der Waals surface area contributed by atoms with Gasteiger partial charge in [-0.2, -0.15) is 0 Å². The van der Waals surface area contributed by atoms with Crippen LogP contribution in [-0.4, -0.2) is 26.1 Å². The molecule has 0 saturated carbocycles. The summed E-state index contributed by atoms with van der Waals surface area (Å²) in [5.74, 6) is 0.0472. The van der Waals surface area contributed by atoms with Gasteiger partial charge in [0.25, 0.3) is 0 Å². The quantitative estimate of drug-likeness (QED) is 0.339. The van der Waals surface area contributed by atoms with Crippen molar-refractivity contribution in [1.82, 2.24) is 0 Å². The third-order valence-electron chi connectivity index (χ3n) is 4.58. The number of Topliss-reactive ketones (excluding diaryl/α,β-unsaturated/α-hetero) is 1. The van der Waals surface area contributed by atoms with Crippen molar-refractivity contribution in [1.29, 1.82) is 0 Å². The van der Waals surface area contributed by atoms with Crippen LogP contribution in [0.3, 0.4) is 0 Å². The van der Waals surface area contributed by atoms with Gasteiger partial charge < -0.3 is 15.2 Å². The van der Waals surface area contributed by atoms with Gasteiger partial charge in [0.1, 0.15) is 0 Å². The number of carbonyl (C=O) groups excluding carboxylic acids is 1. The highest BCUT2D eigenvalue weighted by Gasteiger charge is 2.10. The molecular weight excluding hydrogens is 350 g/mol. The third kappa shape index (κ3) is 5.28. The average Bonchev–Trinajstić information content (AvgIpc) is 2.73. The predicted molar refractivity (Wildman–Crippen MR) is 112 cm³/mol. The Hall–Kier alpha value is -2.95. The molecule has 0 aliphatic rings. The number of ketones is 1.